The molecular weight excluding hydrogens is 183 g/mol. The first-order chi connectivity index (χ1) is 3.15. The Kier molecular flexibility index (Phi) is 14.6. The molecule has 0 N–H and O–H groups in total. The molecule has 0 radical (unpaired) electrons. The third kappa shape index (κ3) is 448. The monoisotopic (exact) mass is 182 g/mol. The van der Waals surface area contributed by atoms with Gasteiger partial charge >= 0.3 is 11.6 Å². The average molecular weight is 183 g/mol. The number of halogens is 2. The van der Waals surface area contributed by atoms with Crippen LogP contribution >= 0.6 is 21.4 Å². The summed E-state index contributed by atoms with van der Waals surface area (Å²) in [6.07, 6.45) is 0. The first kappa shape index (κ1) is 10.5. The van der Waals surface area contributed by atoms with Crippen LogP contribution in [0.25, 0.3) is 0 Å². The van der Waals surface area contributed by atoms with E-state index in [-0.39, 0.29) is 0 Å². The Morgan fingerprint density at radius 3 is 1.29 bits per heavy atom. The lowest BCUT2D eigenvalue weighted by atomic mass is 15.9. The van der Waals surface area contributed by atoms with E-state index in [0.29, 0.717) is 0 Å². The quantitative estimate of drug-likeness (QED) is 0.510. The highest BCUT2D eigenvalue weighted by molar-refractivity contribution is 8.26. The van der Waals surface area contributed by atoms with Crippen LogP contribution in [0.15, 0.2) is 0 Å². The van der Waals surface area contributed by atoms with Gasteiger partial charge in [0.25, 0.3) is 0 Å². The van der Waals surface area contributed by atoms with Gasteiger partial charge < -0.3 is 0 Å². The summed E-state index contributed by atoms with van der Waals surface area (Å²) in [4.78, 5) is 0. The van der Waals surface area contributed by atoms with Crippen molar-refractivity contribution >= 4 is 42.2 Å². The standard InChI is InChI=1S/Cl2OS.O2S/c1-4(2)3;1-3-2. The molecule has 3 nitrogen and oxygen atoms in total. The summed E-state index contributed by atoms with van der Waals surface area (Å²) in [5.41, 5.74) is 0. The molecule has 0 heterocycles. The SMILES string of the molecule is O=S(Cl)Cl.O=S=O. The molecule has 7 heteroatoms. The molecule has 0 rings (SSSR count). The minimum absolute atomic E-state index is 0.750. The first-order valence-electron chi connectivity index (χ1n) is 0.809. The van der Waals surface area contributed by atoms with Gasteiger partial charge in [0.05, 0.1) is 0 Å². The summed E-state index contributed by atoms with van der Waals surface area (Å²) in [5, 5.41) is 0. The van der Waals surface area contributed by atoms with Gasteiger partial charge in [-0.15, -0.1) is 0 Å². The molecule has 44 valence electrons. The van der Waals surface area contributed by atoms with E-state index in [1.54, 1.807) is 0 Å². The molecular formula is Cl2O3S2. The Bertz CT molecular complexity index is 78.9. The Hall–Kier alpha value is 0.550. The zero-order chi connectivity index (χ0) is 6.28. The fraction of sp³-hybridized carbons (Fsp3) is 0. The van der Waals surface area contributed by atoms with Gasteiger partial charge in [0, 0.05) is 21.4 Å². The summed E-state index contributed by atoms with van der Waals surface area (Å²) in [7, 11) is 7.36. The zero-order valence-electron chi connectivity index (χ0n) is 2.80. The highest BCUT2D eigenvalue weighted by Crippen LogP contribution is 1.89. The third-order valence-electron chi connectivity index (χ3n) is 0. The number of rotatable bonds is 0. The maximum atomic E-state index is 9.09. The maximum Gasteiger partial charge on any atom is 0.335 e. The van der Waals surface area contributed by atoms with Gasteiger partial charge in [0.2, 0.25) is 9.23 Å². The summed E-state index contributed by atoms with van der Waals surface area (Å²) >= 11 is -0.750. The van der Waals surface area contributed by atoms with Gasteiger partial charge in [0.1, 0.15) is 0 Å². The average Bonchev–Trinajstić information content (AvgIpc) is 1.33. The molecule has 0 amide bonds. The lowest BCUT2D eigenvalue weighted by Gasteiger charge is -1.50. The zero-order valence-corrected chi connectivity index (χ0v) is 5.94. The highest BCUT2D eigenvalue weighted by Gasteiger charge is 1.67. The topological polar surface area (TPSA) is 51.2 Å². The molecule has 0 saturated heterocycles. The van der Waals surface area contributed by atoms with Crippen molar-refractivity contribution in [1.29, 1.82) is 0 Å². The molecule has 0 aliphatic carbocycles. The second kappa shape index (κ2) is 9.75. The Labute approximate surface area is 55.1 Å². The van der Waals surface area contributed by atoms with E-state index < -0.39 is 20.8 Å². The van der Waals surface area contributed by atoms with E-state index in [2.05, 4.69) is 21.4 Å². The van der Waals surface area contributed by atoms with Gasteiger partial charge in [-0.1, -0.05) is 0 Å². The molecule has 0 spiro atoms. The molecule has 0 bridgehead atoms. The van der Waals surface area contributed by atoms with Gasteiger partial charge in [-0.05, 0) is 0 Å². The predicted molar refractivity (Wildman–Crippen MR) is 28.8 cm³/mol. The number of hydrogen-bond acceptors (Lipinski definition) is 3. The predicted octanol–water partition coefficient (Wildman–Crippen LogP) is 0.373. The third-order valence-corrected chi connectivity index (χ3v) is 0. The van der Waals surface area contributed by atoms with Crippen molar-refractivity contribution in [2.45, 2.75) is 0 Å². The lowest BCUT2D eigenvalue weighted by molar-refractivity contribution is 0.630. The first-order valence-corrected chi connectivity index (χ1v) is 4.28. The van der Waals surface area contributed by atoms with Crippen molar-refractivity contribution in [1.82, 2.24) is 0 Å². The highest BCUT2D eigenvalue weighted by atomic mass is 36.0. The molecule has 7 heavy (non-hydrogen) atoms. The molecule has 0 aliphatic rings. The van der Waals surface area contributed by atoms with Gasteiger partial charge in [0.15, 0.2) is 0 Å². The Balaban J connectivity index is 0. The molecule has 0 aromatic carbocycles. The van der Waals surface area contributed by atoms with Crippen LogP contribution in [0.1, 0.15) is 0 Å². The Morgan fingerprint density at radius 1 is 1.29 bits per heavy atom. The van der Waals surface area contributed by atoms with E-state index in [1.807, 2.05) is 0 Å². The van der Waals surface area contributed by atoms with E-state index in [4.69, 9.17) is 12.6 Å². The fourth-order valence-corrected chi connectivity index (χ4v) is 0. The lowest BCUT2D eigenvalue weighted by Crippen LogP contribution is -1.41. The van der Waals surface area contributed by atoms with Crippen LogP contribution in [0.4, 0.5) is 0 Å². The van der Waals surface area contributed by atoms with Crippen LogP contribution in [0.2, 0.25) is 0 Å². The Morgan fingerprint density at radius 2 is 1.29 bits per heavy atom. The minimum atomic E-state index is -1.67. The minimum Gasteiger partial charge on any atom is -0.225 e. The van der Waals surface area contributed by atoms with E-state index in [1.165, 1.54) is 0 Å². The second-order valence-corrected chi connectivity index (χ2v) is 2.91. The van der Waals surface area contributed by atoms with Gasteiger partial charge in [-0.2, -0.15) is 8.42 Å². The summed E-state index contributed by atoms with van der Waals surface area (Å²) in [6.45, 7) is 0. The van der Waals surface area contributed by atoms with Crippen LogP contribution in [0.3, 0.4) is 0 Å². The van der Waals surface area contributed by atoms with E-state index >= 15 is 0 Å². The van der Waals surface area contributed by atoms with E-state index in [9.17, 15) is 0 Å². The van der Waals surface area contributed by atoms with Crippen LogP contribution in [0, 0.1) is 0 Å². The van der Waals surface area contributed by atoms with E-state index in [0.717, 1.165) is 0 Å². The van der Waals surface area contributed by atoms with Crippen LogP contribution in [0.5, 0.6) is 0 Å². The molecule has 0 saturated carbocycles. The summed E-state index contributed by atoms with van der Waals surface area (Å²) in [5.74, 6) is 0. The molecule has 0 aliphatic heterocycles. The smallest absolute Gasteiger partial charge is 0.225 e. The summed E-state index contributed by atoms with van der Waals surface area (Å²) < 4.78 is 25.7. The largest absolute Gasteiger partial charge is 0.335 e. The van der Waals surface area contributed by atoms with Crippen LogP contribution in [-0.2, 0) is 20.8 Å². The van der Waals surface area contributed by atoms with Gasteiger partial charge in [-0.3, -0.25) is 0 Å². The normalized spacial score (nSPS) is 6.71. The van der Waals surface area contributed by atoms with Crippen molar-refractivity contribution in [3.8, 4) is 0 Å². The van der Waals surface area contributed by atoms with Crippen LogP contribution in [-0.4, -0.2) is 12.6 Å². The molecule has 0 aromatic rings. The van der Waals surface area contributed by atoms with Crippen molar-refractivity contribution in [3.63, 3.8) is 0 Å². The summed E-state index contributed by atoms with van der Waals surface area (Å²) in [6, 6.07) is 0. The van der Waals surface area contributed by atoms with Crippen molar-refractivity contribution in [3.05, 3.63) is 0 Å². The molecule has 0 atom stereocenters. The fourth-order valence-electron chi connectivity index (χ4n) is 0. The van der Waals surface area contributed by atoms with Crippen molar-refractivity contribution in [2.24, 2.45) is 0 Å². The van der Waals surface area contributed by atoms with Crippen molar-refractivity contribution < 1.29 is 12.6 Å². The maximum absolute atomic E-state index is 9.09. The number of hydrogen-bond donors (Lipinski definition) is 0. The van der Waals surface area contributed by atoms with Crippen LogP contribution < -0.4 is 0 Å². The second-order valence-electron chi connectivity index (χ2n) is 0.252. The molecule has 0 fully saturated rings. The van der Waals surface area contributed by atoms with Gasteiger partial charge in [-0.25, -0.2) is 4.21 Å². The molecule has 0 unspecified atom stereocenters. The molecule has 0 aromatic heterocycles. The van der Waals surface area contributed by atoms with Crippen molar-refractivity contribution in [2.75, 3.05) is 0 Å².